The van der Waals surface area contributed by atoms with E-state index in [2.05, 4.69) is 9.88 Å². The smallest absolute Gasteiger partial charge is 0.416 e. The highest BCUT2D eigenvalue weighted by Gasteiger charge is 2.35. The molecule has 7 nitrogen and oxygen atoms in total. The maximum atomic E-state index is 13.2. The predicted octanol–water partition coefficient (Wildman–Crippen LogP) is 4.81. The fourth-order valence-corrected chi connectivity index (χ4v) is 3.75. The van der Waals surface area contributed by atoms with Gasteiger partial charge >= 0.3 is 12.1 Å². The zero-order valence-corrected chi connectivity index (χ0v) is 20.2. The SMILES string of the molecule is CCOC(=O)/C=C/c1ccc(N(C(=O)OC(C)(C)C)[C@@H]2CCN(Cc3ccc(F)cc3)C2)nc1. The number of nitrogens with zero attached hydrogens (tertiary/aromatic N) is 3. The third kappa shape index (κ3) is 7.38. The Morgan fingerprint density at radius 1 is 1.21 bits per heavy atom. The topological polar surface area (TPSA) is 72.0 Å². The molecule has 2 heterocycles. The monoisotopic (exact) mass is 469 g/mol. The molecule has 0 saturated carbocycles. The van der Waals surface area contributed by atoms with Crippen molar-refractivity contribution in [2.75, 3.05) is 24.6 Å². The number of esters is 1. The van der Waals surface area contributed by atoms with Crippen molar-refractivity contribution >= 4 is 24.0 Å². The number of rotatable bonds is 7. The summed E-state index contributed by atoms with van der Waals surface area (Å²) >= 11 is 0. The Balaban J connectivity index is 1.75. The molecule has 34 heavy (non-hydrogen) atoms. The molecule has 3 rings (SSSR count). The number of anilines is 1. The number of aromatic nitrogens is 1. The van der Waals surface area contributed by atoms with Gasteiger partial charge in [-0.1, -0.05) is 12.1 Å². The van der Waals surface area contributed by atoms with E-state index in [0.717, 1.165) is 18.5 Å². The summed E-state index contributed by atoms with van der Waals surface area (Å²) in [6.07, 6.45) is 4.87. The number of benzene rings is 1. The van der Waals surface area contributed by atoms with E-state index in [1.165, 1.54) is 18.2 Å². The van der Waals surface area contributed by atoms with Crippen molar-refractivity contribution in [2.24, 2.45) is 0 Å². The molecule has 1 fully saturated rings. The van der Waals surface area contributed by atoms with E-state index in [-0.39, 0.29) is 11.9 Å². The molecular formula is C26H32FN3O4. The second-order valence-electron chi connectivity index (χ2n) is 9.19. The van der Waals surface area contributed by atoms with Gasteiger partial charge in [-0.05, 0) is 75.6 Å². The molecule has 2 aromatic rings. The molecule has 1 amide bonds. The van der Waals surface area contributed by atoms with Gasteiger partial charge in [0, 0.05) is 31.9 Å². The second-order valence-corrected chi connectivity index (χ2v) is 9.19. The molecule has 0 N–H and O–H groups in total. The Hall–Kier alpha value is -3.26. The van der Waals surface area contributed by atoms with E-state index in [1.54, 1.807) is 48.4 Å². The van der Waals surface area contributed by atoms with E-state index >= 15 is 0 Å². The molecule has 1 atom stereocenters. The number of carbonyl (C=O) groups is 2. The molecule has 0 unspecified atom stereocenters. The van der Waals surface area contributed by atoms with E-state index in [4.69, 9.17) is 9.47 Å². The van der Waals surface area contributed by atoms with E-state index in [0.29, 0.717) is 31.1 Å². The largest absolute Gasteiger partial charge is 0.463 e. The lowest BCUT2D eigenvalue weighted by Crippen LogP contribution is -2.45. The standard InChI is InChI=1S/C26H32FN3O4/c1-5-33-24(31)13-9-19-8-12-23(28-16-19)30(25(32)34-26(2,3)4)22-14-15-29(18-22)17-20-6-10-21(27)11-7-20/h6-13,16,22H,5,14-15,17-18H2,1-4H3/b13-9+/t22-/m1/s1. The van der Waals surface area contributed by atoms with Gasteiger partial charge in [0.15, 0.2) is 0 Å². The molecule has 0 radical (unpaired) electrons. The van der Waals surface area contributed by atoms with Crippen LogP contribution < -0.4 is 4.90 Å². The van der Waals surface area contributed by atoms with Crippen LogP contribution in [0.1, 0.15) is 45.2 Å². The molecule has 1 aliphatic rings. The number of pyridine rings is 1. The molecule has 8 heteroatoms. The maximum absolute atomic E-state index is 13.2. The molecule has 0 bridgehead atoms. The number of likely N-dealkylation sites (tertiary alicyclic amines) is 1. The Kier molecular flexibility index (Phi) is 8.39. The lowest BCUT2D eigenvalue weighted by molar-refractivity contribution is -0.137. The zero-order chi connectivity index (χ0) is 24.7. The van der Waals surface area contributed by atoms with Crippen LogP contribution in [0, 0.1) is 5.82 Å². The highest BCUT2D eigenvalue weighted by Crippen LogP contribution is 2.26. The quantitative estimate of drug-likeness (QED) is 0.428. The van der Waals surface area contributed by atoms with Gasteiger partial charge in [0.05, 0.1) is 12.6 Å². The van der Waals surface area contributed by atoms with Gasteiger partial charge in [-0.3, -0.25) is 9.80 Å². The summed E-state index contributed by atoms with van der Waals surface area (Å²) in [5.74, 6) is -0.198. The van der Waals surface area contributed by atoms with Crippen LogP contribution in [0.25, 0.3) is 6.08 Å². The van der Waals surface area contributed by atoms with Crippen LogP contribution >= 0.6 is 0 Å². The molecule has 0 aliphatic carbocycles. The first kappa shape index (κ1) is 25.4. The summed E-state index contributed by atoms with van der Waals surface area (Å²) in [5, 5.41) is 0. The predicted molar refractivity (Wildman–Crippen MR) is 129 cm³/mol. The van der Waals surface area contributed by atoms with Crippen molar-refractivity contribution in [3.63, 3.8) is 0 Å². The highest BCUT2D eigenvalue weighted by molar-refractivity contribution is 5.88. The van der Waals surface area contributed by atoms with Crippen LogP contribution in [0.15, 0.2) is 48.7 Å². The zero-order valence-electron chi connectivity index (χ0n) is 20.2. The van der Waals surface area contributed by atoms with Crippen molar-refractivity contribution in [2.45, 2.75) is 52.3 Å². The summed E-state index contributed by atoms with van der Waals surface area (Å²) in [7, 11) is 0. The molecule has 1 aliphatic heterocycles. The lowest BCUT2D eigenvalue weighted by atomic mass is 10.2. The normalized spacial score (nSPS) is 16.6. The summed E-state index contributed by atoms with van der Waals surface area (Å²) in [5.41, 5.74) is 1.08. The van der Waals surface area contributed by atoms with Crippen LogP contribution in [-0.4, -0.2) is 53.3 Å². The van der Waals surface area contributed by atoms with Crippen molar-refractivity contribution in [3.8, 4) is 0 Å². The first-order valence-corrected chi connectivity index (χ1v) is 11.4. The van der Waals surface area contributed by atoms with Crippen molar-refractivity contribution in [1.29, 1.82) is 0 Å². The molecule has 182 valence electrons. The van der Waals surface area contributed by atoms with Gasteiger partial charge in [0.25, 0.3) is 0 Å². The lowest BCUT2D eigenvalue weighted by Gasteiger charge is -2.31. The number of ether oxygens (including phenoxy) is 2. The van der Waals surface area contributed by atoms with Crippen molar-refractivity contribution < 1.29 is 23.5 Å². The molecule has 1 aromatic heterocycles. The van der Waals surface area contributed by atoms with Gasteiger partial charge in [-0.2, -0.15) is 0 Å². The molecular weight excluding hydrogens is 437 g/mol. The number of amides is 1. The third-order valence-electron chi connectivity index (χ3n) is 5.24. The molecule has 1 aromatic carbocycles. The Morgan fingerprint density at radius 3 is 2.56 bits per heavy atom. The fraction of sp³-hybridized carbons (Fsp3) is 0.423. The average Bonchev–Trinajstić information content (AvgIpc) is 3.22. The Morgan fingerprint density at radius 2 is 1.94 bits per heavy atom. The average molecular weight is 470 g/mol. The summed E-state index contributed by atoms with van der Waals surface area (Å²) in [6, 6.07) is 9.88. The first-order chi connectivity index (χ1) is 16.1. The van der Waals surface area contributed by atoms with Gasteiger partial charge < -0.3 is 9.47 Å². The summed E-state index contributed by atoms with van der Waals surface area (Å²) in [6.45, 7) is 9.65. The van der Waals surface area contributed by atoms with Gasteiger partial charge in [-0.15, -0.1) is 0 Å². The summed E-state index contributed by atoms with van der Waals surface area (Å²) < 4.78 is 23.8. The Bertz CT molecular complexity index is 1000. The first-order valence-electron chi connectivity index (χ1n) is 11.4. The van der Waals surface area contributed by atoms with E-state index in [1.807, 2.05) is 20.8 Å². The van der Waals surface area contributed by atoms with Crippen LogP contribution in [0.5, 0.6) is 0 Å². The highest BCUT2D eigenvalue weighted by atomic mass is 19.1. The van der Waals surface area contributed by atoms with Crippen molar-refractivity contribution in [1.82, 2.24) is 9.88 Å². The van der Waals surface area contributed by atoms with Gasteiger partial charge in [0.1, 0.15) is 17.2 Å². The van der Waals surface area contributed by atoms with Crippen LogP contribution in [0.2, 0.25) is 0 Å². The number of halogens is 1. The van der Waals surface area contributed by atoms with E-state index < -0.39 is 17.7 Å². The molecule has 1 saturated heterocycles. The minimum Gasteiger partial charge on any atom is -0.463 e. The van der Waals surface area contributed by atoms with Crippen LogP contribution in [-0.2, 0) is 20.8 Å². The van der Waals surface area contributed by atoms with Gasteiger partial charge in [0.2, 0.25) is 0 Å². The third-order valence-corrected chi connectivity index (χ3v) is 5.24. The van der Waals surface area contributed by atoms with Crippen molar-refractivity contribution in [3.05, 3.63) is 65.6 Å². The van der Waals surface area contributed by atoms with Gasteiger partial charge in [-0.25, -0.2) is 19.0 Å². The number of hydrogen-bond acceptors (Lipinski definition) is 6. The minimum atomic E-state index is -0.649. The Labute approximate surface area is 200 Å². The second kappa shape index (κ2) is 11.2. The fourth-order valence-electron chi connectivity index (χ4n) is 3.75. The summed E-state index contributed by atoms with van der Waals surface area (Å²) in [4.78, 5) is 33.0. The number of hydrogen-bond donors (Lipinski definition) is 0. The number of carbonyl (C=O) groups excluding carboxylic acids is 2. The molecule has 0 spiro atoms. The van der Waals surface area contributed by atoms with E-state index in [9.17, 15) is 14.0 Å². The van der Waals surface area contributed by atoms with Crippen LogP contribution in [0.4, 0.5) is 15.0 Å². The maximum Gasteiger partial charge on any atom is 0.416 e. The minimum absolute atomic E-state index is 0.122. The van der Waals surface area contributed by atoms with Crippen LogP contribution in [0.3, 0.4) is 0 Å².